The van der Waals surface area contributed by atoms with Gasteiger partial charge in [0.05, 0.1) is 7.11 Å². The number of hydrogen-bond donors (Lipinski definition) is 7. The summed E-state index contributed by atoms with van der Waals surface area (Å²) in [7, 11) is 0.992. The summed E-state index contributed by atoms with van der Waals surface area (Å²) in [6.07, 6.45) is 0.251. The van der Waals surface area contributed by atoms with Gasteiger partial charge in [-0.2, -0.15) is 0 Å². The van der Waals surface area contributed by atoms with E-state index in [1.165, 1.54) is 54.6 Å². The lowest BCUT2D eigenvalue weighted by Gasteiger charge is -2.42. The number of methoxy groups -OCH3 is 1. The van der Waals surface area contributed by atoms with Crippen molar-refractivity contribution in [1.29, 1.82) is 0 Å². The van der Waals surface area contributed by atoms with Crippen LogP contribution in [0, 0.1) is 0 Å². The molecule has 15 heteroatoms. The largest absolute Gasteiger partial charge is 0.504 e. The van der Waals surface area contributed by atoms with E-state index in [2.05, 4.69) is 0 Å². The van der Waals surface area contributed by atoms with Crippen molar-refractivity contribution in [3.8, 4) is 34.5 Å². The molecule has 0 saturated heterocycles. The summed E-state index contributed by atoms with van der Waals surface area (Å²) in [4.78, 5) is 51.6. The summed E-state index contributed by atoms with van der Waals surface area (Å²) in [5.41, 5.74) is -1.56. The summed E-state index contributed by atoms with van der Waals surface area (Å²) in [5, 5.41) is 69.1. The highest BCUT2D eigenvalue weighted by molar-refractivity contribution is 5.89. The van der Waals surface area contributed by atoms with E-state index in [1.54, 1.807) is 0 Å². The molecule has 0 amide bonds. The summed E-state index contributed by atoms with van der Waals surface area (Å²) < 4.78 is 21.3. The highest BCUT2D eigenvalue weighted by Crippen LogP contribution is 2.36. The van der Waals surface area contributed by atoms with Crippen molar-refractivity contribution >= 4 is 42.1 Å². The number of esters is 4. The van der Waals surface area contributed by atoms with Crippen LogP contribution in [-0.2, 0) is 38.1 Å². The van der Waals surface area contributed by atoms with Crippen LogP contribution in [0.2, 0.25) is 0 Å². The van der Waals surface area contributed by atoms with Gasteiger partial charge in [0.2, 0.25) is 0 Å². The van der Waals surface area contributed by atoms with Crippen LogP contribution in [0.5, 0.6) is 34.5 Å². The van der Waals surface area contributed by atoms with Crippen molar-refractivity contribution in [2.24, 2.45) is 0 Å². The monoisotopic (exact) mass is 692 g/mol. The first-order valence-corrected chi connectivity index (χ1v) is 14.7. The number of aliphatic hydroxyl groups is 1. The molecular formula is C35H32O15. The van der Waals surface area contributed by atoms with Crippen LogP contribution >= 0.6 is 0 Å². The van der Waals surface area contributed by atoms with Gasteiger partial charge in [0, 0.05) is 31.1 Å². The van der Waals surface area contributed by atoms with Crippen molar-refractivity contribution in [2.75, 3.05) is 7.11 Å². The second kappa shape index (κ2) is 15.6. The Labute approximate surface area is 283 Å². The fraction of sp³-hybridized carbons (Fsp3) is 0.200. The third-order valence-electron chi connectivity index (χ3n) is 7.40. The average molecular weight is 693 g/mol. The van der Waals surface area contributed by atoms with Crippen LogP contribution < -0.4 is 0 Å². The third kappa shape index (κ3) is 9.32. The molecule has 50 heavy (non-hydrogen) atoms. The van der Waals surface area contributed by atoms with E-state index in [0.29, 0.717) is 0 Å². The minimum Gasteiger partial charge on any atom is -0.504 e. The molecule has 4 rings (SSSR count). The molecule has 0 bridgehead atoms. The average Bonchev–Trinajstić information content (AvgIpc) is 3.07. The Morgan fingerprint density at radius 1 is 0.580 bits per heavy atom. The Bertz CT molecular complexity index is 1770. The van der Waals surface area contributed by atoms with Gasteiger partial charge >= 0.3 is 23.9 Å². The first kappa shape index (κ1) is 36.4. The second-order valence-corrected chi connectivity index (χ2v) is 11.0. The number of carbonyl (C=O) groups is 4. The lowest BCUT2D eigenvalue weighted by Crippen LogP contribution is -2.59. The lowest BCUT2D eigenvalue weighted by molar-refractivity contribution is -0.212. The van der Waals surface area contributed by atoms with Crippen molar-refractivity contribution in [3.63, 3.8) is 0 Å². The molecule has 7 N–H and O–H groups in total. The molecule has 262 valence electrons. The van der Waals surface area contributed by atoms with Gasteiger partial charge in [0.15, 0.2) is 46.2 Å². The third-order valence-corrected chi connectivity index (χ3v) is 7.40. The Kier molecular flexibility index (Phi) is 11.4. The zero-order chi connectivity index (χ0) is 36.6. The number of benzene rings is 3. The maximum Gasteiger partial charge on any atom is 0.338 e. The number of aromatic hydroxyl groups is 6. The molecule has 0 aromatic heterocycles. The first-order chi connectivity index (χ1) is 23.7. The molecule has 1 fully saturated rings. The van der Waals surface area contributed by atoms with Gasteiger partial charge in [0.25, 0.3) is 0 Å². The summed E-state index contributed by atoms with van der Waals surface area (Å²) in [6.45, 7) is 0. The predicted molar refractivity (Wildman–Crippen MR) is 172 cm³/mol. The molecule has 0 heterocycles. The van der Waals surface area contributed by atoms with Crippen LogP contribution in [-0.4, -0.2) is 90.6 Å². The smallest absolute Gasteiger partial charge is 0.338 e. The molecular weight excluding hydrogens is 660 g/mol. The van der Waals surface area contributed by atoms with Crippen LogP contribution in [0.3, 0.4) is 0 Å². The maximum atomic E-state index is 13.0. The number of rotatable bonds is 10. The molecule has 1 aliphatic rings. The van der Waals surface area contributed by atoms with Crippen LogP contribution in [0.15, 0.2) is 72.8 Å². The quantitative estimate of drug-likeness (QED) is 0.0699. The molecule has 0 spiro atoms. The standard InChI is InChI=1S/C35H32O15/c1-47-34(45)35(46)17-28(48-30(42)11-5-19-2-8-22(36)25(39)14-19)33(50-32(44)13-7-21-4-10-24(38)27(41)16-21)29(18-35)49-31(43)12-6-20-3-9-23(37)26(40)15-20/h2-16,28-29,33,36-41,46H,17-18H2,1H3/b11-5+,12-6+,13-7+/t28-,29-,33?,35?/m0/s1. The van der Waals surface area contributed by atoms with Crippen molar-refractivity contribution < 1.29 is 73.9 Å². The van der Waals surface area contributed by atoms with Gasteiger partial charge in [-0.25, -0.2) is 19.2 Å². The fourth-order valence-electron chi connectivity index (χ4n) is 4.92. The number of phenols is 6. The van der Waals surface area contributed by atoms with E-state index in [4.69, 9.17) is 18.9 Å². The SMILES string of the molecule is COC(=O)C1(O)C[C@H](OC(=O)/C=C/c2ccc(O)c(O)c2)C(OC(=O)/C=C/c2ccc(O)c(O)c2)[C@@H](OC(=O)/C=C/c2ccc(O)c(O)c2)C1. The van der Waals surface area contributed by atoms with Crippen molar-refractivity contribution in [3.05, 3.63) is 89.5 Å². The minimum absolute atomic E-state index is 0.279. The Morgan fingerprint density at radius 2 is 0.920 bits per heavy atom. The molecule has 3 aromatic rings. The van der Waals surface area contributed by atoms with E-state index < -0.39 is 95.1 Å². The van der Waals surface area contributed by atoms with Crippen molar-refractivity contribution in [1.82, 2.24) is 0 Å². The van der Waals surface area contributed by atoms with Gasteiger partial charge in [-0.3, -0.25) is 0 Å². The zero-order valence-electron chi connectivity index (χ0n) is 26.2. The minimum atomic E-state index is -2.40. The van der Waals surface area contributed by atoms with E-state index in [-0.39, 0.29) is 16.7 Å². The number of ether oxygens (including phenoxy) is 4. The number of phenolic OH excluding ortho intramolecular Hbond substituents is 6. The molecule has 0 radical (unpaired) electrons. The zero-order valence-corrected chi connectivity index (χ0v) is 26.2. The summed E-state index contributed by atoms with van der Waals surface area (Å²) >= 11 is 0. The number of carbonyl (C=O) groups excluding carboxylic acids is 4. The highest BCUT2D eigenvalue weighted by Gasteiger charge is 2.54. The Morgan fingerprint density at radius 3 is 1.24 bits per heavy atom. The maximum absolute atomic E-state index is 13.0. The molecule has 0 aliphatic heterocycles. The molecule has 15 nitrogen and oxygen atoms in total. The normalized spacial score (nSPS) is 20.5. The molecule has 1 saturated carbocycles. The summed E-state index contributed by atoms with van der Waals surface area (Å²) in [6, 6.07) is 11.1. The number of hydrogen-bond acceptors (Lipinski definition) is 15. The van der Waals surface area contributed by atoms with Gasteiger partial charge in [0.1, 0.15) is 12.2 Å². The van der Waals surface area contributed by atoms with E-state index in [1.807, 2.05) is 0 Å². The molecule has 1 aliphatic carbocycles. The first-order valence-electron chi connectivity index (χ1n) is 14.7. The predicted octanol–water partition coefficient (Wildman–Crippen LogP) is 2.79. The van der Waals surface area contributed by atoms with Crippen LogP contribution in [0.25, 0.3) is 18.2 Å². The van der Waals surface area contributed by atoms with Crippen LogP contribution in [0.4, 0.5) is 0 Å². The molecule has 3 aromatic carbocycles. The fourth-order valence-corrected chi connectivity index (χ4v) is 4.92. The van der Waals surface area contributed by atoms with Gasteiger partial charge < -0.3 is 54.7 Å². The van der Waals surface area contributed by atoms with Crippen molar-refractivity contribution in [2.45, 2.75) is 36.8 Å². The summed E-state index contributed by atoms with van der Waals surface area (Å²) in [5.74, 6) is -6.92. The Balaban J connectivity index is 1.64. The highest BCUT2D eigenvalue weighted by atomic mass is 16.6. The molecule has 2 atom stereocenters. The van der Waals surface area contributed by atoms with E-state index in [0.717, 1.165) is 43.5 Å². The lowest BCUT2D eigenvalue weighted by atomic mass is 9.79. The van der Waals surface area contributed by atoms with Gasteiger partial charge in [-0.05, 0) is 71.3 Å². The second-order valence-electron chi connectivity index (χ2n) is 11.0. The van der Waals surface area contributed by atoms with Gasteiger partial charge in [-0.15, -0.1) is 0 Å². The topological polar surface area (TPSA) is 247 Å². The van der Waals surface area contributed by atoms with Gasteiger partial charge in [-0.1, -0.05) is 18.2 Å². The molecule has 0 unspecified atom stereocenters. The van der Waals surface area contributed by atoms with E-state index in [9.17, 15) is 54.9 Å². The van der Waals surface area contributed by atoms with Crippen LogP contribution in [0.1, 0.15) is 29.5 Å². The Hall–Kier alpha value is -6.48. The van der Waals surface area contributed by atoms with E-state index >= 15 is 0 Å².